The number of rotatable bonds is 2. The van der Waals surface area contributed by atoms with Gasteiger partial charge in [0.15, 0.2) is 0 Å². The second kappa shape index (κ2) is 5.43. The molecule has 0 saturated carbocycles. The van der Waals surface area contributed by atoms with Gasteiger partial charge in [0.2, 0.25) is 0 Å². The highest BCUT2D eigenvalue weighted by Crippen LogP contribution is 2.21. The quantitative estimate of drug-likeness (QED) is 0.778. The predicted molar refractivity (Wildman–Crippen MR) is 80.9 cm³/mol. The maximum Gasteiger partial charge on any atom is 0.255 e. The number of amides is 1. The van der Waals surface area contributed by atoms with Crippen LogP contribution in [-0.2, 0) is 0 Å². The fourth-order valence-electron chi connectivity index (χ4n) is 2.13. The van der Waals surface area contributed by atoms with Crippen LogP contribution in [0.15, 0.2) is 60.8 Å². The normalized spacial score (nSPS) is 10.0. The molecule has 1 heterocycles. The number of carbonyl (C=O) groups excluding carboxylic acids is 1. The molecule has 0 unspecified atom stereocenters. The van der Waals surface area contributed by atoms with E-state index in [-0.39, 0.29) is 5.91 Å². The van der Waals surface area contributed by atoms with Gasteiger partial charge in [-0.3, -0.25) is 9.78 Å². The lowest BCUT2D eigenvalue weighted by Crippen LogP contribution is -2.12. The molecule has 3 aromatic rings. The molecule has 1 aromatic heterocycles. The third kappa shape index (κ3) is 2.58. The summed E-state index contributed by atoms with van der Waals surface area (Å²) < 4.78 is 0. The molecule has 4 heteroatoms. The Morgan fingerprint density at radius 3 is 2.76 bits per heavy atom. The van der Waals surface area contributed by atoms with E-state index in [9.17, 15) is 4.79 Å². The number of fused-ring (bicyclic) bond motifs is 1. The van der Waals surface area contributed by atoms with Gasteiger partial charge in [-0.25, -0.2) is 0 Å². The van der Waals surface area contributed by atoms with Crippen LogP contribution < -0.4 is 5.32 Å². The van der Waals surface area contributed by atoms with Gasteiger partial charge in [0.1, 0.15) is 0 Å². The van der Waals surface area contributed by atoms with Crippen molar-refractivity contribution in [2.24, 2.45) is 0 Å². The van der Waals surface area contributed by atoms with Crippen LogP contribution in [-0.4, -0.2) is 10.9 Å². The summed E-state index contributed by atoms with van der Waals surface area (Å²) >= 11 is 0. The third-order valence-corrected chi connectivity index (χ3v) is 3.13. The van der Waals surface area contributed by atoms with Crippen molar-refractivity contribution >= 4 is 22.5 Å². The lowest BCUT2D eigenvalue weighted by Gasteiger charge is -2.08. The van der Waals surface area contributed by atoms with Crippen molar-refractivity contribution in [2.45, 2.75) is 0 Å². The number of aromatic nitrogens is 1. The summed E-state index contributed by atoms with van der Waals surface area (Å²) in [6, 6.07) is 18.0. The summed E-state index contributed by atoms with van der Waals surface area (Å²) in [7, 11) is 0. The van der Waals surface area contributed by atoms with Crippen molar-refractivity contribution < 1.29 is 4.79 Å². The zero-order valence-corrected chi connectivity index (χ0v) is 11.1. The summed E-state index contributed by atoms with van der Waals surface area (Å²) in [5.41, 5.74) is 2.30. The lowest BCUT2D eigenvalue weighted by molar-refractivity contribution is 0.102. The first kappa shape index (κ1) is 12.8. The minimum atomic E-state index is -0.259. The minimum absolute atomic E-state index is 0.259. The van der Waals surface area contributed by atoms with E-state index in [2.05, 4.69) is 10.3 Å². The number of nitrogens with zero attached hydrogens (tertiary/aromatic N) is 2. The van der Waals surface area contributed by atoms with Gasteiger partial charge >= 0.3 is 0 Å². The summed E-state index contributed by atoms with van der Waals surface area (Å²) in [5, 5.41) is 12.7. The maximum atomic E-state index is 12.3. The van der Waals surface area contributed by atoms with Crippen molar-refractivity contribution in [3.63, 3.8) is 0 Å². The van der Waals surface area contributed by atoms with Crippen molar-refractivity contribution in [3.8, 4) is 6.07 Å². The smallest absolute Gasteiger partial charge is 0.255 e. The van der Waals surface area contributed by atoms with E-state index in [4.69, 9.17) is 5.26 Å². The highest BCUT2D eigenvalue weighted by molar-refractivity contribution is 6.08. The molecule has 0 fully saturated rings. The van der Waals surface area contributed by atoms with E-state index in [0.29, 0.717) is 16.8 Å². The summed E-state index contributed by atoms with van der Waals surface area (Å²) in [4.78, 5) is 16.6. The Kier molecular flexibility index (Phi) is 3.32. The highest BCUT2D eigenvalue weighted by atomic mass is 16.1. The van der Waals surface area contributed by atoms with Crippen LogP contribution in [0, 0.1) is 11.3 Å². The number of pyridine rings is 1. The van der Waals surface area contributed by atoms with E-state index in [0.717, 1.165) is 10.9 Å². The van der Waals surface area contributed by atoms with Gasteiger partial charge in [-0.05, 0) is 30.3 Å². The Morgan fingerprint density at radius 2 is 1.90 bits per heavy atom. The van der Waals surface area contributed by atoms with Gasteiger partial charge in [0.05, 0.1) is 22.8 Å². The zero-order valence-electron chi connectivity index (χ0n) is 11.1. The molecule has 0 radical (unpaired) electrons. The van der Waals surface area contributed by atoms with Gasteiger partial charge in [0, 0.05) is 17.1 Å². The summed E-state index contributed by atoms with van der Waals surface area (Å²) in [5.74, 6) is -0.259. The number of carbonyl (C=O) groups is 1. The number of anilines is 1. The molecule has 0 aliphatic carbocycles. The van der Waals surface area contributed by atoms with Crippen LogP contribution in [0.25, 0.3) is 10.9 Å². The fourth-order valence-corrected chi connectivity index (χ4v) is 2.13. The fraction of sp³-hybridized carbons (Fsp3) is 0. The average molecular weight is 273 g/mol. The van der Waals surface area contributed by atoms with Crippen LogP contribution in [0.1, 0.15) is 15.9 Å². The van der Waals surface area contributed by atoms with E-state index in [1.807, 2.05) is 30.3 Å². The second-order valence-electron chi connectivity index (χ2n) is 4.53. The molecule has 0 aliphatic rings. The van der Waals surface area contributed by atoms with Crippen molar-refractivity contribution in [2.75, 3.05) is 5.32 Å². The Morgan fingerprint density at radius 1 is 1.10 bits per heavy atom. The molecule has 21 heavy (non-hydrogen) atoms. The molecule has 0 saturated heterocycles. The minimum Gasteiger partial charge on any atom is -0.320 e. The van der Waals surface area contributed by atoms with Crippen LogP contribution in [0.5, 0.6) is 0 Å². The Balaban J connectivity index is 1.95. The predicted octanol–water partition coefficient (Wildman–Crippen LogP) is 3.36. The molecule has 0 spiro atoms. The molecule has 1 amide bonds. The summed E-state index contributed by atoms with van der Waals surface area (Å²) in [6.07, 6.45) is 1.69. The van der Waals surface area contributed by atoms with Gasteiger partial charge in [-0.2, -0.15) is 5.26 Å². The molecular weight excluding hydrogens is 262 g/mol. The van der Waals surface area contributed by atoms with Gasteiger partial charge in [-0.15, -0.1) is 0 Å². The Hall–Kier alpha value is -3.19. The monoisotopic (exact) mass is 273 g/mol. The number of hydrogen-bond acceptors (Lipinski definition) is 3. The van der Waals surface area contributed by atoms with Crippen molar-refractivity contribution in [3.05, 3.63) is 71.9 Å². The first-order valence-corrected chi connectivity index (χ1v) is 6.43. The van der Waals surface area contributed by atoms with E-state index >= 15 is 0 Å². The number of nitrogens with one attached hydrogen (secondary N) is 1. The number of nitriles is 1. The van der Waals surface area contributed by atoms with Gasteiger partial charge in [-0.1, -0.05) is 24.3 Å². The van der Waals surface area contributed by atoms with E-state index < -0.39 is 0 Å². The molecule has 4 nitrogen and oxygen atoms in total. The molecule has 100 valence electrons. The standard InChI is InChI=1S/C17H11N3O/c18-11-12-4-1-6-14(10-12)17(21)20-15-8-2-5-13-7-3-9-19-16(13)15/h1-10H,(H,20,21). The van der Waals surface area contributed by atoms with Crippen LogP contribution in [0.2, 0.25) is 0 Å². The topological polar surface area (TPSA) is 65.8 Å². The summed E-state index contributed by atoms with van der Waals surface area (Å²) in [6.45, 7) is 0. The van der Waals surface area contributed by atoms with Crippen LogP contribution in [0.4, 0.5) is 5.69 Å². The Labute approximate surface area is 121 Å². The van der Waals surface area contributed by atoms with Crippen molar-refractivity contribution in [1.29, 1.82) is 5.26 Å². The van der Waals surface area contributed by atoms with Gasteiger partial charge < -0.3 is 5.32 Å². The first-order chi connectivity index (χ1) is 10.3. The molecular formula is C17H11N3O. The second-order valence-corrected chi connectivity index (χ2v) is 4.53. The first-order valence-electron chi connectivity index (χ1n) is 6.43. The molecule has 1 N–H and O–H groups in total. The highest BCUT2D eigenvalue weighted by Gasteiger charge is 2.09. The zero-order chi connectivity index (χ0) is 14.7. The van der Waals surface area contributed by atoms with Crippen molar-refractivity contribution in [1.82, 2.24) is 4.98 Å². The van der Waals surface area contributed by atoms with Gasteiger partial charge in [0.25, 0.3) is 5.91 Å². The molecule has 0 bridgehead atoms. The molecule has 2 aromatic carbocycles. The average Bonchev–Trinajstić information content (AvgIpc) is 2.55. The van der Waals surface area contributed by atoms with Crippen LogP contribution in [0.3, 0.4) is 0 Å². The Bertz CT molecular complexity index is 860. The molecule has 3 rings (SSSR count). The number of benzene rings is 2. The number of para-hydroxylation sites is 1. The SMILES string of the molecule is N#Cc1cccc(C(=O)Nc2cccc3cccnc23)c1. The molecule has 0 atom stereocenters. The van der Waals surface area contributed by atoms with E-state index in [1.54, 1.807) is 36.5 Å². The maximum absolute atomic E-state index is 12.3. The molecule has 0 aliphatic heterocycles. The van der Waals surface area contributed by atoms with E-state index in [1.165, 1.54) is 0 Å². The van der Waals surface area contributed by atoms with Crippen LogP contribution >= 0.6 is 0 Å². The number of hydrogen-bond donors (Lipinski definition) is 1. The largest absolute Gasteiger partial charge is 0.320 e. The lowest BCUT2D eigenvalue weighted by atomic mass is 10.1. The third-order valence-electron chi connectivity index (χ3n) is 3.13.